The lowest BCUT2D eigenvalue weighted by Crippen LogP contribution is -2.41. The van der Waals surface area contributed by atoms with Crippen LogP contribution in [-0.2, 0) is 16.6 Å². The lowest BCUT2D eigenvalue weighted by molar-refractivity contribution is 0.102. The monoisotopic (exact) mass is 443 g/mol. The highest BCUT2D eigenvalue weighted by molar-refractivity contribution is 7.87. The van der Waals surface area contributed by atoms with E-state index in [1.165, 1.54) is 18.2 Å². The molecule has 0 spiro atoms. The van der Waals surface area contributed by atoms with Crippen molar-refractivity contribution in [3.8, 4) is 0 Å². The summed E-state index contributed by atoms with van der Waals surface area (Å²) in [6.07, 6.45) is 0.646. The molecule has 0 heterocycles. The van der Waals surface area contributed by atoms with Crippen LogP contribution < -0.4 is 14.8 Å². The molecule has 0 aliphatic heterocycles. The SMILES string of the molecule is CC(C)NS(=O)(=O)NC1CCc2c(C(=O)Nc3ccc(F)c(Cl)c3)ccc(F)c21. The Morgan fingerprint density at radius 3 is 2.52 bits per heavy atom. The number of carbonyl (C=O) groups excluding carboxylic acids is 1. The van der Waals surface area contributed by atoms with Crippen molar-refractivity contribution in [1.29, 1.82) is 0 Å². The molecule has 1 aliphatic carbocycles. The van der Waals surface area contributed by atoms with E-state index < -0.39 is 33.8 Å². The van der Waals surface area contributed by atoms with E-state index in [0.717, 1.165) is 12.1 Å². The maximum Gasteiger partial charge on any atom is 0.277 e. The lowest BCUT2D eigenvalue weighted by atomic mass is 10.0. The maximum atomic E-state index is 14.5. The third-order valence-electron chi connectivity index (χ3n) is 4.45. The minimum absolute atomic E-state index is 0.140. The number of nitrogens with one attached hydrogen (secondary N) is 3. The molecule has 10 heteroatoms. The number of halogens is 3. The van der Waals surface area contributed by atoms with E-state index in [2.05, 4.69) is 14.8 Å². The van der Waals surface area contributed by atoms with Crippen LogP contribution in [0.4, 0.5) is 14.5 Å². The summed E-state index contributed by atoms with van der Waals surface area (Å²) in [7, 11) is -3.83. The van der Waals surface area contributed by atoms with Crippen LogP contribution in [0, 0.1) is 11.6 Å². The Hall–Kier alpha value is -2.07. The summed E-state index contributed by atoms with van der Waals surface area (Å²) in [5.41, 5.74) is 1.10. The van der Waals surface area contributed by atoms with Crippen LogP contribution >= 0.6 is 11.6 Å². The first-order chi connectivity index (χ1) is 13.6. The highest BCUT2D eigenvalue weighted by Crippen LogP contribution is 2.36. The van der Waals surface area contributed by atoms with Crippen molar-refractivity contribution in [3.05, 3.63) is 63.7 Å². The molecule has 1 atom stereocenters. The molecule has 156 valence electrons. The van der Waals surface area contributed by atoms with Crippen LogP contribution in [0.2, 0.25) is 5.02 Å². The average molecular weight is 444 g/mol. The van der Waals surface area contributed by atoms with E-state index in [0.29, 0.717) is 18.4 Å². The van der Waals surface area contributed by atoms with Gasteiger partial charge in [0.2, 0.25) is 0 Å². The van der Waals surface area contributed by atoms with Gasteiger partial charge in [-0.05, 0) is 62.6 Å². The molecule has 2 aromatic carbocycles. The van der Waals surface area contributed by atoms with Gasteiger partial charge in [0.25, 0.3) is 16.1 Å². The first kappa shape index (κ1) is 21.6. The highest BCUT2D eigenvalue weighted by atomic mass is 35.5. The number of hydrogen-bond acceptors (Lipinski definition) is 3. The molecular weight excluding hydrogens is 424 g/mol. The van der Waals surface area contributed by atoms with Gasteiger partial charge in [0.05, 0.1) is 11.1 Å². The molecule has 0 fully saturated rings. The van der Waals surface area contributed by atoms with Crippen LogP contribution in [0.1, 0.15) is 47.8 Å². The summed E-state index contributed by atoms with van der Waals surface area (Å²) < 4.78 is 57.0. The largest absolute Gasteiger partial charge is 0.322 e. The minimum Gasteiger partial charge on any atom is -0.322 e. The molecule has 29 heavy (non-hydrogen) atoms. The predicted molar refractivity (Wildman–Crippen MR) is 107 cm³/mol. The Kier molecular flexibility index (Phi) is 6.23. The van der Waals surface area contributed by atoms with Crippen molar-refractivity contribution < 1.29 is 22.0 Å². The van der Waals surface area contributed by atoms with Crippen molar-refractivity contribution >= 4 is 33.4 Å². The molecule has 0 radical (unpaired) electrons. The van der Waals surface area contributed by atoms with Crippen molar-refractivity contribution in [2.75, 3.05) is 5.32 Å². The molecule has 0 saturated carbocycles. The second-order valence-electron chi connectivity index (χ2n) is 7.06. The number of fused-ring (bicyclic) bond motifs is 1. The first-order valence-electron chi connectivity index (χ1n) is 8.94. The van der Waals surface area contributed by atoms with Crippen molar-refractivity contribution in [1.82, 2.24) is 9.44 Å². The van der Waals surface area contributed by atoms with Crippen LogP contribution in [0.25, 0.3) is 0 Å². The van der Waals surface area contributed by atoms with Gasteiger partial charge >= 0.3 is 0 Å². The number of amides is 1. The second kappa shape index (κ2) is 8.35. The van der Waals surface area contributed by atoms with Gasteiger partial charge < -0.3 is 5.32 Å². The summed E-state index contributed by atoms with van der Waals surface area (Å²) in [6.45, 7) is 3.35. The highest BCUT2D eigenvalue weighted by Gasteiger charge is 2.32. The Balaban J connectivity index is 1.87. The minimum atomic E-state index is -3.83. The van der Waals surface area contributed by atoms with E-state index in [-0.39, 0.29) is 27.9 Å². The molecule has 3 N–H and O–H groups in total. The fourth-order valence-corrected chi connectivity index (χ4v) is 4.83. The molecule has 6 nitrogen and oxygen atoms in total. The van der Waals surface area contributed by atoms with Gasteiger partial charge in [0, 0.05) is 22.9 Å². The molecule has 0 saturated heterocycles. The zero-order valence-electron chi connectivity index (χ0n) is 15.7. The van der Waals surface area contributed by atoms with Crippen molar-refractivity contribution in [2.24, 2.45) is 0 Å². The van der Waals surface area contributed by atoms with E-state index in [1.807, 2.05) is 0 Å². The fraction of sp³-hybridized carbons (Fsp3) is 0.316. The fourth-order valence-electron chi connectivity index (χ4n) is 3.35. The zero-order valence-corrected chi connectivity index (χ0v) is 17.3. The van der Waals surface area contributed by atoms with E-state index in [1.54, 1.807) is 13.8 Å². The van der Waals surface area contributed by atoms with Crippen LogP contribution in [0.15, 0.2) is 30.3 Å². The molecule has 2 aromatic rings. The van der Waals surface area contributed by atoms with Crippen LogP contribution in [0.3, 0.4) is 0 Å². The van der Waals surface area contributed by atoms with Gasteiger partial charge in [-0.15, -0.1) is 0 Å². The molecule has 0 aromatic heterocycles. The van der Waals surface area contributed by atoms with Gasteiger partial charge in [-0.25, -0.2) is 8.78 Å². The topological polar surface area (TPSA) is 87.3 Å². The zero-order chi connectivity index (χ0) is 21.3. The molecule has 3 rings (SSSR count). The van der Waals surface area contributed by atoms with Crippen molar-refractivity contribution in [3.63, 3.8) is 0 Å². The van der Waals surface area contributed by atoms with Crippen LogP contribution in [0.5, 0.6) is 0 Å². The number of carbonyl (C=O) groups is 1. The maximum absolute atomic E-state index is 14.5. The van der Waals surface area contributed by atoms with E-state index in [9.17, 15) is 22.0 Å². The number of hydrogen-bond donors (Lipinski definition) is 3. The number of anilines is 1. The first-order valence-corrected chi connectivity index (χ1v) is 10.8. The lowest BCUT2D eigenvalue weighted by Gasteiger charge is -2.17. The third-order valence-corrected chi connectivity index (χ3v) is 6.11. The third kappa shape index (κ3) is 4.92. The van der Waals surface area contributed by atoms with Gasteiger partial charge in [0.1, 0.15) is 11.6 Å². The van der Waals surface area contributed by atoms with Gasteiger partial charge in [-0.2, -0.15) is 17.9 Å². The Labute approximate surface area is 172 Å². The van der Waals surface area contributed by atoms with E-state index in [4.69, 9.17) is 11.6 Å². The normalized spacial score (nSPS) is 16.1. The van der Waals surface area contributed by atoms with Gasteiger partial charge in [0.15, 0.2) is 0 Å². The summed E-state index contributed by atoms with van der Waals surface area (Å²) in [5, 5.41) is 2.46. The van der Waals surface area contributed by atoms with Crippen molar-refractivity contribution in [2.45, 2.75) is 38.8 Å². The average Bonchev–Trinajstić information content (AvgIpc) is 3.01. The summed E-state index contributed by atoms with van der Waals surface area (Å²) in [4.78, 5) is 12.7. The van der Waals surface area contributed by atoms with Crippen LogP contribution in [-0.4, -0.2) is 20.4 Å². The smallest absolute Gasteiger partial charge is 0.277 e. The number of rotatable bonds is 6. The second-order valence-corrected chi connectivity index (χ2v) is 8.94. The van der Waals surface area contributed by atoms with Gasteiger partial charge in [-0.1, -0.05) is 11.6 Å². The quantitative estimate of drug-likeness (QED) is 0.636. The predicted octanol–water partition coefficient (Wildman–Crippen LogP) is 3.69. The number of benzene rings is 2. The Bertz CT molecular complexity index is 1060. The Morgan fingerprint density at radius 1 is 1.17 bits per heavy atom. The molecule has 1 unspecified atom stereocenters. The molecule has 1 amide bonds. The summed E-state index contributed by atoms with van der Waals surface area (Å²) >= 11 is 5.73. The summed E-state index contributed by atoms with van der Waals surface area (Å²) in [5.74, 6) is -1.72. The van der Waals surface area contributed by atoms with Gasteiger partial charge in [-0.3, -0.25) is 4.79 Å². The summed E-state index contributed by atoms with van der Waals surface area (Å²) in [6, 6.07) is 5.13. The van der Waals surface area contributed by atoms with E-state index >= 15 is 0 Å². The Morgan fingerprint density at radius 2 is 1.86 bits per heavy atom. The molecule has 0 bridgehead atoms. The molecule has 1 aliphatic rings. The molecular formula is C19H20ClF2N3O3S. The standard InChI is InChI=1S/C19H20ClF2N3O3S/c1-10(2)24-29(27,28)25-17-8-5-12-13(4-7-16(22)18(12)17)19(26)23-11-3-6-15(21)14(20)9-11/h3-4,6-7,9-10,17,24-25H,5,8H2,1-2H3,(H,23,26).